The third kappa shape index (κ3) is 6.73. The largest absolute Gasteiger partial charge is 0.490 e. The van der Waals surface area contributed by atoms with Crippen LogP contribution in [-0.2, 0) is 25.7 Å². The van der Waals surface area contributed by atoms with Gasteiger partial charge in [0.05, 0.1) is 28.1 Å². The Bertz CT molecular complexity index is 1450. The maximum Gasteiger partial charge on any atom is 0.306 e. The molecule has 1 aromatic heterocycles. The number of nitrogens with one attached hydrogen (secondary N) is 2. The van der Waals surface area contributed by atoms with Crippen molar-refractivity contribution in [3.8, 4) is 16.2 Å². The third-order valence-corrected chi connectivity index (χ3v) is 9.59. The number of aliphatic hydroxyl groups is 1. The van der Waals surface area contributed by atoms with Gasteiger partial charge in [-0.25, -0.2) is 9.37 Å². The summed E-state index contributed by atoms with van der Waals surface area (Å²) >= 11 is 1.49. The molecule has 0 unspecified atom stereocenters. The first-order valence-corrected chi connectivity index (χ1v) is 15.7. The van der Waals surface area contributed by atoms with E-state index in [0.29, 0.717) is 24.2 Å². The van der Waals surface area contributed by atoms with Crippen LogP contribution in [0.15, 0.2) is 23.7 Å². The summed E-state index contributed by atoms with van der Waals surface area (Å²) in [5.74, 6) is -2.67. The van der Waals surface area contributed by atoms with Crippen molar-refractivity contribution in [3.05, 3.63) is 35.0 Å². The number of carbonyl (C=O) groups is 4. The minimum absolute atomic E-state index is 0.0149. The summed E-state index contributed by atoms with van der Waals surface area (Å²) in [6.45, 7) is 7.11. The lowest BCUT2D eigenvalue weighted by Gasteiger charge is -2.35. The molecule has 0 radical (unpaired) electrons. The van der Waals surface area contributed by atoms with E-state index in [1.807, 2.05) is 25.1 Å². The van der Waals surface area contributed by atoms with E-state index in [1.165, 1.54) is 16.2 Å². The summed E-state index contributed by atoms with van der Waals surface area (Å²) in [5.41, 5.74) is 1.42. The van der Waals surface area contributed by atoms with Crippen molar-refractivity contribution >= 4 is 35.0 Å². The number of hydrogen-bond acceptors (Lipinski definition) is 8. The van der Waals surface area contributed by atoms with Gasteiger partial charge in [-0.05, 0) is 49.7 Å². The smallest absolute Gasteiger partial charge is 0.306 e. The number of carboxylic acid groups (broad SMARTS) is 1. The SMILES string of the molecule is Cc1ncsc1-c1ccc(CNC(=O)[C@@H]2C[C@@H](O)CN2C(=O)[C@@H](NC(=O)C2(F)CC2)C(C)(C)C)c(OC2CC(C(=O)O)C2)c1. The van der Waals surface area contributed by atoms with Gasteiger partial charge in [0.15, 0.2) is 5.67 Å². The summed E-state index contributed by atoms with van der Waals surface area (Å²) in [5, 5.41) is 25.1. The summed E-state index contributed by atoms with van der Waals surface area (Å²) in [7, 11) is 0. The molecule has 238 valence electrons. The quantitative estimate of drug-likeness (QED) is 0.312. The van der Waals surface area contributed by atoms with Crippen LogP contribution in [0.1, 0.15) is 64.1 Å². The highest BCUT2D eigenvalue weighted by Crippen LogP contribution is 2.41. The molecular formula is C31H39FN4O7S. The number of benzene rings is 1. The normalized spacial score (nSPS) is 24.6. The number of aliphatic carboxylic acids is 1. The van der Waals surface area contributed by atoms with E-state index in [0.717, 1.165) is 16.1 Å². The van der Waals surface area contributed by atoms with E-state index in [4.69, 9.17) is 4.74 Å². The number of thiazole rings is 1. The van der Waals surface area contributed by atoms with Crippen molar-refractivity contribution in [2.24, 2.45) is 11.3 Å². The molecule has 3 atom stereocenters. The number of aliphatic hydroxyl groups excluding tert-OH is 1. The number of aromatic nitrogens is 1. The summed E-state index contributed by atoms with van der Waals surface area (Å²) < 4.78 is 20.7. The Hall–Kier alpha value is -3.58. The first-order valence-electron chi connectivity index (χ1n) is 14.9. The monoisotopic (exact) mass is 630 g/mol. The zero-order valence-electron chi connectivity index (χ0n) is 25.3. The Balaban J connectivity index is 1.31. The number of nitrogens with zero attached hydrogens (tertiary/aromatic N) is 2. The van der Waals surface area contributed by atoms with E-state index >= 15 is 0 Å². The molecule has 2 saturated carbocycles. The number of alkyl halides is 1. The van der Waals surface area contributed by atoms with Crippen molar-refractivity contribution in [1.82, 2.24) is 20.5 Å². The molecule has 4 N–H and O–H groups in total. The van der Waals surface area contributed by atoms with E-state index in [-0.39, 0.29) is 38.5 Å². The molecule has 5 rings (SSSR count). The van der Waals surface area contributed by atoms with Crippen LogP contribution in [0.25, 0.3) is 10.4 Å². The molecule has 2 aromatic rings. The van der Waals surface area contributed by atoms with Gasteiger partial charge in [0, 0.05) is 25.1 Å². The van der Waals surface area contributed by atoms with Gasteiger partial charge < -0.3 is 30.5 Å². The highest BCUT2D eigenvalue weighted by molar-refractivity contribution is 7.13. The summed E-state index contributed by atoms with van der Waals surface area (Å²) in [6.07, 6.45) is -0.216. The van der Waals surface area contributed by atoms with Crippen molar-refractivity contribution in [2.75, 3.05) is 6.54 Å². The molecule has 13 heteroatoms. The van der Waals surface area contributed by atoms with Gasteiger partial charge >= 0.3 is 5.97 Å². The molecule has 3 fully saturated rings. The molecular weight excluding hydrogens is 591 g/mol. The van der Waals surface area contributed by atoms with Crippen LogP contribution in [0.5, 0.6) is 5.75 Å². The number of rotatable bonds is 10. The van der Waals surface area contributed by atoms with Gasteiger partial charge in [-0.3, -0.25) is 19.2 Å². The topological polar surface area (TPSA) is 158 Å². The molecule has 2 heterocycles. The van der Waals surface area contributed by atoms with E-state index in [9.17, 15) is 33.8 Å². The van der Waals surface area contributed by atoms with Crippen molar-refractivity contribution in [3.63, 3.8) is 0 Å². The number of carboxylic acids is 1. The zero-order valence-corrected chi connectivity index (χ0v) is 26.1. The van der Waals surface area contributed by atoms with Crippen LogP contribution < -0.4 is 15.4 Å². The summed E-state index contributed by atoms with van der Waals surface area (Å²) in [6, 6.07) is 3.51. The number of ether oxygens (including phenoxy) is 1. The zero-order chi connectivity index (χ0) is 32.0. The maximum absolute atomic E-state index is 14.4. The van der Waals surface area contributed by atoms with Crippen LogP contribution in [0.2, 0.25) is 0 Å². The molecule has 1 aliphatic heterocycles. The Morgan fingerprint density at radius 3 is 2.50 bits per heavy atom. The lowest BCUT2D eigenvalue weighted by molar-refractivity contribution is -0.148. The van der Waals surface area contributed by atoms with Crippen LogP contribution >= 0.6 is 11.3 Å². The Kier molecular flexibility index (Phi) is 8.74. The Labute approximate surface area is 259 Å². The van der Waals surface area contributed by atoms with Crippen molar-refractivity contribution < 1.29 is 38.5 Å². The molecule has 1 saturated heterocycles. The third-order valence-electron chi connectivity index (χ3n) is 8.61. The number of β-amino-alcohol motifs (C(OH)–C–C–N with tert-alkyl or cyclic N) is 1. The molecule has 2 aliphatic carbocycles. The molecule has 3 aliphatic rings. The number of aryl methyl sites for hydroxylation is 1. The Morgan fingerprint density at radius 1 is 1.20 bits per heavy atom. The number of carbonyl (C=O) groups excluding carboxylic acids is 3. The predicted octanol–water partition coefficient (Wildman–Crippen LogP) is 2.97. The Morgan fingerprint density at radius 2 is 1.91 bits per heavy atom. The molecule has 11 nitrogen and oxygen atoms in total. The van der Waals surface area contributed by atoms with Crippen LogP contribution in [-0.4, -0.2) is 80.3 Å². The van der Waals surface area contributed by atoms with Gasteiger partial charge in [-0.15, -0.1) is 11.3 Å². The molecule has 1 aromatic carbocycles. The van der Waals surface area contributed by atoms with E-state index in [1.54, 1.807) is 26.3 Å². The number of hydrogen-bond donors (Lipinski definition) is 4. The first kappa shape index (κ1) is 31.8. The molecule has 3 amide bonds. The number of likely N-dealkylation sites (tertiary alicyclic amines) is 1. The summed E-state index contributed by atoms with van der Waals surface area (Å²) in [4.78, 5) is 57.6. The predicted molar refractivity (Wildman–Crippen MR) is 159 cm³/mol. The minimum atomic E-state index is -1.97. The maximum atomic E-state index is 14.4. The highest BCUT2D eigenvalue weighted by Gasteiger charge is 2.53. The molecule has 0 spiro atoms. The molecule has 44 heavy (non-hydrogen) atoms. The van der Waals surface area contributed by atoms with Crippen molar-refractivity contribution in [1.29, 1.82) is 0 Å². The van der Waals surface area contributed by atoms with Crippen LogP contribution in [0, 0.1) is 18.3 Å². The fourth-order valence-electron chi connectivity index (χ4n) is 5.59. The lowest BCUT2D eigenvalue weighted by Crippen LogP contribution is -2.59. The van der Waals surface area contributed by atoms with Crippen LogP contribution in [0.4, 0.5) is 4.39 Å². The van der Waals surface area contributed by atoms with Crippen LogP contribution in [0.3, 0.4) is 0 Å². The second-order valence-corrected chi connectivity index (χ2v) is 14.0. The van der Waals surface area contributed by atoms with Gasteiger partial charge in [-0.2, -0.15) is 0 Å². The van der Waals surface area contributed by atoms with Gasteiger partial charge in [-0.1, -0.05) is 32.9 Å². The second-order valence-electron chi connectivity index (χ2n) is 13.2. The number of halogens is 1. The van der Waals surface area contributed by atoms with E-state index in [2.05, 4.69) is 15.6 Å². The fourth-order valence-corrected chi connectivity index (χ4v) is 6.39. The minimum Gasteiger partial charge on any atom is -0.490 e. The van der Waals surface area contributed by atoms with Crippen molar-refractivity contribution in [2.45, 2.75) is 96.3 Å². The van der Waals surface area contributed by atoms with Gasteiger partial charge in [0.25, 0.3) is 5.91 Å². The van der Waals surface area contributed by atoms with E-state index < -0.39 is 58.9 Å². The first-order chi connectivity index (χ1) is 20.7. The lowest BCUT2D eigenvalue weighted by atomic mass is 9.82. The average molecular weight is 631 g/mol. The number of amides is 3. The second kappa shape index (κ2) is 12.1. The van der Waals surface area contributed by atoms with Gasteiger partial charge in [0.2, 0.25) is 11.8 Å². The van der Waals surface area contributed by atoms with Gasteiger partial charge in [0.1, 0.15) is 23.9 Å². The fraction of sp³-hybridized carbons (Fsp3) is 0.581. The standard InChI is InChI=1S/C31H39FN4O7S/c1-16-24(44-15-34-16)17-5-6-18(23(11-17)43-21-9-19(10-21)28(40)41)13-33-26(38)22-12-20(37)14-36(22)27(39)25(30(2,3)4)35-29(42)31(32)7-8-31/h5-6,11,15,19-22,25,37H,7-10,12-14H2,1-4H3,(H,33,38)(H,35,42)(H,40,41)/t19?,20-,21?,22+,25-/m1/s1. The molecule has 0 bridgehead atoms. The average Bonchev–Trinajstić information content (AvgIpc) is 3.34. The highest BCUT2D eigenvalue weighted by atomic mass is 32.1.